The zero-order chi connectivity index (χ0) is 14.6. The van der Waals surface area contributed by atoms with Crippen molar-refractivity contribution < 1.29 is 19.1 Å². The van der Waals surface area contributed by atoms with Gasteiger partial charge in [-0.15, -0.1) is 0 Å². The van der Waals surface area contributed by atoms with Crippen LogP contribution in [0.25, 0.3) is 0 Å². The topological polar surface area (TPSA) is 108 Å². The first-order valence-corrected chi connectivity index (χ1v) is 6.29. The van der Waals surface area contributed by atoms with Gasteiger partial charge in [0, 0.05) is 19.0 Å². The molecule has 7 nitrogen and oxygen atoms in total. The van der Waals surface area contributed by atoms with Crippen molar-refractivity contribution in [2.45, 2.75) is 32.4 Å². The molecule has 0 aromatic carbocycles. The van der Waals surface area contributed by atoms with Crippen LogP contribution in [-0.4, -0.2) is 54.8 Å². The number of nitrogens with two attached hydrogens (primary N) is 2. The minimum absolute atomic E-state index is 0.109. The number of primary amides is 1. The van der Waals surface area contributed by atoms with Crippen molar-refractivity contribution in [2.75, 3.05) is 26.3 Å². The Hall–Kier alpha value is -1.34. The molecule has 7 heteroatoms. The summed E-state index contributed by atoms with van der Waals surface area (Å²) in [5, 5.41) is 0. The highest BCUT2D eigenvalue weighted by Gasteiger charge is 2.33. The molecule has 2 amide bonds. The van der Waals surface area contributed by atoms with Crippen molar-refractivity contribution >= 4 is 12.0 Å². The molecule has 19 heavy (non-hydrogen) atoms. The third-order valence-electron chi connectivity index (χ3n) is 2.63. The van der Waals surface area contributed by atoms with E-state index in [1.807, 2.05) is 20.8 Å². The summed E-state index contributed by atoms with van der Waals surface area (Å²) in [6.45, 7) is 7.25. The minimum Gasteiger partial charge on any atom is -0.444 e. The summed E-state index contributed by atoms with van der Waals surface area (Å²) in [6.07, 6.45) is -0.308. The predicted octanol–water partition coefficient (Wildman–Crippen LogP) is -0.317. The molecule has 0 bridgehead atoms. The predicted molar refractivity (Wildman–Crippen MR) is 69.3 cm³/mol. The second-order valence-corrected chi connectivity index (χ2v) is 5.80. The van der Waals surface area contributed by atoms with E-state index < -0.39 is 17.6 Å². The largest absolute Gasteiger partial charge is 0.444 e. The third-order valence-corrected chi connectivity index (χ3v) is 2.63. The zero-order valence-corrected chi connectivity index (χ0v) is 11.7. The fourth-order valence-electron chi connectivity index (χ4n) is 1.59. The van der Waals surface area contributed by atoms with E-state index in [0.29, 0.717) is 19.7 Å². The normalized spacial score (nSPS) is 17.8. The standard InChI is InChI=1S/C12H23N3O4/c1-12(2,3)19-11(17)15-4-8(5-15)6-18-7-9(13)10(14)16/h8-9H,4-7,13H2,1-3H3,(H2,14,16)/t9-/m0/s1. The summed E-state index contributed by atoms with van der Waals surface area (Å²) in [5.74, 6) is -0.323. The maximum absolute atomic E-state index is 11.6. The molecule has 110 valence electrons. The number of ether oxygens (including phenoxy) is 2. The van der Waals surface area contributed by atoms with E-state index in [9.17, 15) is 9.59 Å². The number of hydrogen-bond donors (Lipinski definition) is 2. The average molecular weight is 273 g/mol. The Balaban J connectivity index is 2.13. The first-order valence-electron chi connectivity index (χ1n) is 6.29. The molecule has 1 aliphatic rings. The molecule has 1 saturated heterocycles. The Morgan fingerprint density at radius 2 is 1.95 bits per heavy atom. The average Bonchev–Trinajstić information content (AvgIpc) is 2.17. The lowest BCUT2D eigenvalue weighted by Crippen LogP contribution is -2.53. The van der Waals surface area contributed by atoms with Crippen LogP contribution in [0, 0.1) is 5.92 Å². The van der Waals surface area contributed by atoms with E-state index in [0.717, 1.165) is 0 Å². The molecule has 0 aliphatic carbocycles. The van der Waals surface area contributed by atoms with Crippen molar-refractivity contribution in [2.24, 2.45) is 17.4 Å². The number of nitrogens with zero attached hydrogens (tertiary/aromatic N) is 1. The Morgan fingerprint density at radius 1 is 1.37 bits per heavy atom. The molecule has 0 spiro atoms. The van der Waals surface area contributed by atoms with E-state index in [4.69, 9.17) is 20.9 Å². The van der Waals surface area contributed by atoms with Gasteiger partial charge in [-0.05, 0) is 20.8 Å². The van der Waals surface area contributed by atoms with Gasteiger partial charge < -0.3 is 25.8 Å². The van der Waals surface area contributed by atoms with Crippen LogP contribution in [0.1, 0.15) is 20.8 Å². The Morgan fingerprint density at radius 3 is 2.42 bits per heavy atom. The SMILES string of the molecule is CC(C)(C)OC(=O)N1CC(COC[C@H](N)C(N)=O)C1. The fraction of sp³-hybridized carbons (Fsp3) is 0.833. The van der Waals surface area contributed by atoms with Crippen LogP contribution in [-0.2, 0) is 14.3 Å². The number of rotatable bonds is 5. The minimum atomic E-state index is -0.776. The highest BCUT2D eigenvalue weighted by Crippen LogP contribution is 2.19. The number of carbonyl (C=O) groups is 2. The highest BCUT2D eigenvalue weighted by molar-refractivity contribution is 5.79. The van der Waals surface area contributed by atoms with E-state index in [-0.39, 0.29) is 18.6 Å². The van der Waals surface area contributed by atoms with Crippen molar-refractivity contribution in [1.29, 1.82) is 0 Å². The van der Waals surface area contributed by atoms with Crippen molar-refractivity contribution in [3.05, 3.63) is 0 Å². The molecule has 0 radical (unpaired) electrons. The molecule has 1 atom stereocenters. The first kappa shape index (κ1) is 15.7. The molecule has 4 N–H and O–H groups in total. The molecule has 1 aliphatic heterocycles. The second kappa shape index (κ2) is 6.21. The van der Waals surface area contributed by atoms with Crippen LogP contribution in [0.3, 0.4) is 0 Å². The van der Waals surface area contributed by atoms with Crippen LogP contribution in [0.15, 0.2) is 0 Å². The molecular formula is C12H23N3O4. The summed E-state index contributed by atoms with van der Waals surface area (Å²) >= 11 is 0. The summed E-state index contributed by atoms with van der Waals surface area (Å²) in [5.41, 5.74) is 9.95. The van der Waals surface area contributed by atoms with Crippen molar-refractivity contribution in [1.82, 2.24) is 4.90 Å². The molecule has 1 rings (SSSR count). The summed E-state index contributed by atoms with van der Waals surface area (Å²) < 4.78 is 10.5. The van der Waals surface area contributed by atoms with Gasteiger partial charge in [-0.2, -0.15) is 0 Å². The van der Waals surface area contributed by atoms with Gasteiger partial charge in [-0.25, -0.2) is 4.79 Å². The van der Waals surface area contributed by atoms with Crippen molar-refractivity contribution in [3.8, 4) is 0 Å². The van der Waals surface area contributed by atoms with Gasteiger partial charge in [0.05, 0.1) is 13.2 Å². The zero-order valence-electron chi connectivity index (χ0n) is 11.7. The Kier molecular flexibility index (Phi) is 5.13. The fourth-order valence-corrected chi connectivity index (χ4v) is 1.59. The third kappa shape index (κ3) is 5.44. The number of hydrogen-bond acceptors (Lipinski definition) is 5. The lowest BCUT2D eigenvalue weighted by Gasteiger charge is -2.39. The smallest absolute Gasteiger partial charge is 0.410 e. The summed E-state index contributed by atoms with van der Waals surface area (Å²) in [7, 11) is 0. The van der Waals surface area contributed by atoms with E-state index in [1.54, 1.807) is 4.90 Å². The summed E-state index contributed by atoms with van der Waals surface area (Å²) in [4.78, 5) is 23.9. The molecule has 1 heterocycles. The number of carbonyl (C=O) groups excluding carboxylic acids is 2. The monoisotopic (exact) mass is 273 g/mol. The number of amides is 2. The van der Waals surface area contributed by atoms with Crippen LogP contribution < -0.4 is 11.5 Å². The lowest BCUT2D eigenvalue weighted by molar-refractivity contribution is -0.120. The van der Waals surface area contributed by atoms with Crippen molar-refractivity contribution in [3.63, 3.8) is 0 Å². The van der Waals surface area contributed by atoms with E-state index in [2.05, 4.69) is 0 Å². The van der Waals surface area contributed by atoms with Gasteiger partial charge in [0.15, 0.2) is 0 Å². The summed E-state index contributed by atoms with van der Waals surface area (Å²) in [6, 6.07) is -0.776. The lowest BCUT2D eigenvalue weighted by atomic mass is 10.0. The second-order valence-electron chi connectivity index (χ2n) is 5.80. The highest BCUT2D eigenvalue weighted by atomic mass is 16.6. The van der Waals surface area contributed by atoms with Crippen LogP contribution in [0.5, 0.6) is 0 Å². The van der Waals surface area contributed by atoms with Crippen LogP contribution >= 0.6 is 0 Å². The molecular weight excluding hydrogens is 250 g/mol. The van der Waals surface area contributed by atoms with Gasteiger partial charge in [0.1, 0.15) is 11.6 Å². The first-order chi connectivity index (χ1) is 8.69. The molecule has 1 fully saturated rings. The number of likely N-dealkylation sites (tertiary alicyclic amines) is 1. The van der Waals surface area contributed by atoms with Gasteiger partial charge in [-0.3, -0.25) is 4.79 Å². The molecule has 0 aromatic heterocycles. The Bertz CT molecular complexity index is 334. The van der Waals surface area contributed by atoms with Gasteiger partial charge in [-0.1, -0.05) is 0 Å². The maximum Gasteiger partial charge on any atom is 0.410 e. The maximum atomic E-state index is 11.6. The molecule has 0 aromatic rings. The van der Waals surface area contributed by atoms with Crippen LogP contribution in [0.2, 0.25) is 0 Å². The van der Waals surface area contributed by atoms with Crippen LogP contribution in [0.4, 0.5) is 4.79 Å². The molecule has 0 unspecified atom stereocenters. The molecule has 0 saturated carbocycles. The van der Waals surface area contributed by atoms with Gasteiger partial charge in [0.2, 0.25) is 5.91 Å². The Labute approximate surface area is 113 Å². The van der Waals surface area contributed by atoms with Gasteiger partial charge in [0.25, 0.3) is 0 Å². The van der Waals surface area contributed by atoms with E-state index in [1.165, 1.54) is 0 Å². The quantitative estimate of drug-likeness (QED) is 0.714. The van der Waals surface area contributed by atoms with Gasteiger partial charge >= 0.3 is 6.09 Å². The van der Waals surface area contributed by atoms with E-state index >= 15 is 0 Å².